The topological polar surface area (TPSA) is 101 Å². The maximum atomic E-state index is 12.7. The van der Waals surface area contributed by atoms with Gasteiger partial charge in [0.15, 0.2) is 5.54 Å². The van der Waals surface area contributed by atoms with Crippen LogP contribution < -0.4 is 0 Å². The molecule has 2 atom stereocenters. The lowest BCUT2D eigenvalue weighted by Gasteiger charge is -2.48. The van der Waals surface area contributed by atoms with E-state index in [9.17, 15) is 24.0 Å². The third-order valence-corrected chi connectivity index (χ3v) is 4.99. The predicted octanol–water partition coefficient (Wildman–Crippen LogP) is -0.0852. The summed E-state index contributed by atoms with van der Waals surface area (Å²) in [4.78, 5) is 63.6. The Bertz CT molecular complexity index is 635. The maximum absolute atomic E-state index is 12.7. The Morgan fingerprint density at radius 1 is 1.08 bits per heavy atom. The van der Waals surface area contributed by atoms with Gasteiger partial charge in [0.1, 0.15) is 0 Å². The first-order chi connectivity index (χ1) is 11.4. The minimum atomic E-state index is -1.65. The van der Waals surface area contributed by atoms with E-state index >= 15 is 0 Å². The van der Waals surface area contributed by atoms with Crippen molar-refractivity contribution in [3.8, 4) is 0 Å². The molecule has 0 aromatic carbocycles. The van der Waals surface area contributed by atoms with Crippen molar-refractivity contribution in [2.45, 2.75) is 50.1 Å². The van der Waals surface area contributed by atoms with Gasteiger partial charge in [-0.25, -0.2) is 4.79 Å². The van der Waals surface area contributed by atoms with Crippen LogP contribution in [0, 0.1) is 0 Å². The molecule has 0 N–H and O–H groups in total. The molecule has 0 radical (unpaired) electrons. The van der Waals surface area contributed by atoms with Gasteiger partial charge < -0.3 is 4.74 Å². The summed E-state index contributed by atoms with van der Waals surface area (Å²) in [5.41, 5.74) is -1.65. The van der Waals surface area contributed by atoms with E-state index in [4.69, 9.17) is 4.74 Å². The van der Waals surface area contributed by atoms with Crippen LogP contribution in [0.5, 0.6) is 0 Å². The van der Waals surface area contributed by atoms with Crippen LogP contribution in [0.4, 0.5) is 0 Å². The minimum Gasteiger partial charge on any atom is -0.467 e. The summed E-state index contributed by atoms with van der Waals surface area (Å²) in [6.07, 6.45) is 4.12. The molecule has 128 valence electrons. The number of hydrogen-bond acceptors (Lipinski definition) is 6. The Hall–Kier alpha value is -2.51. The van der Waals surface area contributed by atoms with E-state index in [2.05, 4.69) is 0 Å². The molecule has 0 bridgehead atoms. The number of nitrogens with zero attached hydrogens (tertiary/aromatic N) is 2. The largest absolute Gasteiger partial charge is 0.467 e. The number of hydrogen-bond donors (Lipinski definition) is 0. The second-order valence-electron chi connectivity index (χ2n) is 6.18. The smallest absolute Gasteiger partial charge is 0.334 e. The summed E-state index contributed by atoms with van der Waals surface area (Å²) in [5.74, 6) is -2.79. The number of carbonyl (C=O) groups excluding carboxylic acids is 5. The van der Waals surface area contributed by atoms with Crippen LogP contribution in [-0.2, 0) is 28.7 Å². The Morgan fingerprint density at radius 2 is 1.67 bits per heavy atom. The van der Waals surface area contributed by atoms with Crippen LogP contribution in [0.15, 0.2) is 12.2 Å². The molecule has 2 heterocycles. The zero-order valence-electron chi connectivity index (χ0n) is 13.3. The van der Waals surface area contributed by atoms with Gasteiger partial charge in [-0.2, -0.15) is 0 Å². The van der Waals surface area contributed by atoms with Crippen LogP contribution >= 0.6 is 0 Å². The highest BCUT2D eigenvalue weighted by Gasteiger charge is 2.60. The summed E-state index contributed by atoms with van der Waals surface area (Å²) >= 11 is 0. The van der Waals surface area contributed by atoms with E-state index < -0.39 is 29.4 Å². The Kier molecular flexibility index (Phi) is 3.98. The fourth-order valence-electron chi connectivity index (χ4n) is 3.98. The van der Waals surface area contributed by atoms with Crippen molar-refractivity contribution in [3.63, 3.8) is 0 Å². The molecule has 1 saturated heterocycles. The van der Waals surface area contributed by atoms with Gasteiger partial charge in [-0.15, -0.1) is 0 Å². The van der Waals surface area contributed by atoms with E-state index in [0.29, 0.717) is 19.3 Å². The van der Waals surface area contributed by atoms with Gasteiger partial charge in [-0.05, 0) is 12.8 Å². The van der Waals surface area contributed by atoms with Gasteiger partial charge in [0, 0.05) is 25.0 Å². The zero-order chi connectivity index (χ0) is 17.5. The first-order valence-electron chi connectivity index (χ1n) is 7.93. The molecule has 0 aromatic heterocycles. The minimum absolute atomic E-state index is 0.0761. The monoisotopic (exact) mass is 334 g/mol. The molecule has 4 amide bonds. The SMILES string of the molecule is COC(=O)C1(N2C(=O)C=CC2=O)CCCCC1N1C(=O)CCC1=O. The molecule has 1 aliphatic carbocycles. The quantitative estimate of drug-likeness (QED) is 0.528. The molecule has 3 rings (SSSR count). The molecule has 8 nitrogen and oxygen atoms in total. The fourth-order valence-corrected chi connectivity index (χ4v) is 3.98. The lowest BCUT2D eigenvalue weighted by molar-refractivity contribution is -0.175. The van der Waals surface area contributed by atoms with Crippen molar-refractivity contribution < 1.29 is 28.7 Å². The van der Waals surface area contributed by atoms with E-state index in [1.807, 2.05) is 0 Å². The number of ether oxygens (including phenoxy) is 1. The summed E-state index contributed by atoms with van der Waals surface area (Å²) < 4.78 is 4.90. The van der Waals surface area contributed by atoms with Crippen molar-refractivity contribution in [2.24, 2.45) is 0 Å². The number of amides is 4. The Labute approximate surface area is 138 Å². The maximum Gasteiger partial charge on any atom is 0.334 e. The van der Waals surface area contributed by atoms with Gasteiger partial charge >= 0.3 is 5.97 Å². The van der Waals surface area contributed by atoms with E-state index in [0.717, 1.165) is 22.0 Å². The van der Waals surface area contributed by atoms with Gasteiger partial charge in [-0.3, -0.25) is 29.0 Å². The van der Waals surface area contributed by atoms with Crippen LogP contribution in [0.1, 0.15) is 38.5 Å². The zero-order valence-corrected chi connectivity index (χ0v) is 13.3. The van der Waals surface area contributed by atoms with E-state index in [1.165, 1.54) is 7.11 Å². The molecule has 2 fully saturated rings. The van der Waals surface area contributed by atoms with E-state index in [1.54, 1.807) is 0 Å². The number of rotatable bonds is 3. The molecule has 0 aromatic rings. The van der Waals surface area contributed by atoms with Gasteiger partial charge in [0.2, 0.25) is 11.8 Å². The van der Waals surface area contributed by atoms with E-state index in [-0.39, 0.29) is 31.1 Å². The summed E-state index contributed by atoms with van der Waals surface area (Å²) in [6, 6.07) is -0.881. The fraction of sp³-hybridized carbons (Fsp3) is 0.562. The first-order valence-corrected chi connectivity index (χ1v) is 7.93. The molecule has 3 aliphatic rings. The van der Waals surface area contributed by atoms with Crippen molar-refractivity contribution in [1.29, 1.82) is 0 Å². The number of methoxy groups -OCH3 is 1. The third kappa shape index (κ3) is 2.16. The Balaban J connectivity index is 2.12. The highest BCUT2D eigenvalue weighted by molar-refractivity contribution is 6.16. The third-order valence-electron chi connectivity index (χ3n) is 4.99. The van der Waals surface area contributed by atoms with Crippen molar-refractivity contribution in [2.75, 3.05) is 7.11 Å². The molecule has 2 unspecified atom stereocenters. The number of carbonyl (C=O) groups is 5. The number of esters is 1. The van der Waals surface area contributed by atoms with Crippen molar-refractivity contribution in [3.05, 3.63) is 12.2 Å². The van der Waals surface area contributed by atoms with Crippen LogP contribution in [0.3, 0.4) is 0 Å². The summed E-state index contributed by atoms with van der Waals surface area (Å²) in [7, 11) is 1.17. The lowest BCUT2D eigenvalue weighted by atomic mass is 9.75. The van der Waals surface area contributed by atoms with Crippen molar-refractivity contribution >= 4 is 29.6 Å². The Morgan fingerprint density at radius 3 is 2.21 bits per heavy atom. The molecular weight excluding hydrogens is 316 g/mol. The predicted molar refractivity (Wildman–Crippen MR) is 79.1 cm³/mol. The summed E-state index contributed by atoms with van der Waals surface area (Å²) in [6.45, 7) is 0. The van der Waals surface area contributed by atoms with Crippen molar-refractivity contribution in [1.82, 2.24) is 9.80 Å². The van der Waals surface area contributed by atoms with Crippen LogP contribution in [-0.4, -0.2) is 58.1 Å². The average molecular weight is 334 g/mol. The molecule has 1 saturated carbocycles. The molecule has 8 heteroatoms. The number of likely N-dealkylation sites (tertiary alicyclic amines) is 1. The lowest BCUT2D eigenvalue weighted by Crippen LogP contribution is -2.70. The van der Waals surface area contributed by atoms with Crippen LogP contribution in [0.25, 0.3) is 0 Å². The molecular formula is C16H18N2O6. The highest BCUT2D eigenvalue weighted by atomic mass is 16.5. The van der Waals surface area contributed by atoms with Gasteiger partial charge in [0.25, 0.3) is 11.8 Å². The average Bonchev–Trinajstić information content (AvgIpc) is 3.08. The summed E-state index contributed by atoms with van der Waals surface area (Å²) in [5, 5.41) is 0. The van der Waals surface area contributed by atoms with Crippen LogP contribution in [0.2, 0.25) is 0 Å². The molecule has 2 aliphatic heterocycles. The number of imide groups is 2. The van der Waals surface area contributed by atoms with Gasteiger partial charge in [0.05, 0.1) is 13.2 Å². The molecule has 0 spiro atoms. The van der Waals surface area contributed by atoms with Gasteiger partial charge in [-0.1, -0.05) is 12.8 Å². The highest BCUT2D eigenvalue weighted by Crippen LogP contribution is 2.41. The second kappa shape index (κ2) is 5.85. The second-order valence-corrected chi connectivity index (χ2v) is 6.18. The molecule has 24 heavy (non-hydrogen) atoms. The first kappa shape index (κ1) is 16.4. The normalized spacial score (nSPS) is 30.5. The standard InChI is InChI=1S/C16H18N2O6/c1-24-15(23)16(18-13(21)7-8-14(18)22)9-3-2-4-10(16)17-11(19)5-6-12(17)20/h7-8,10H,2-6,9H2,1H3.